The SMILES string of the molecule is CSC1(c2cc(N3CCOCC3)nc(-c3ccc(NC4CC4)cc3)n2)CC1. The monoisotopic (exact) mass is 382 g/mol. The molecule has 0 amide bonds. The second-order valence-corrected chi connectivity index (χ2v) is 8.92. The van der Waals surface area contributed by atoms with Crippen LogP contribution < -0.4 is 10.2 Å². The molecule has 0 spiro atoms. The third kappa shape index (κ3) is 3.65. The second kappa shape index (κ2) is 6.99. The summed E-state index contributed by atoms with van der Waals surface area (Å²) < 4.78 is 5.71. The number of thioether (sulfide) groups is 1. The van der Waals surface area contributed by atoms with Gasteiger partial charge >= 0.3 is 0 Å². The molecule has 0 atom stereocenters. The lowest BCUT2D eigenvalue weighted by Crippen LogP contribution is -2.37. The Morgan fingerprint density at radius 3 is 2.48 bits per heavy atom. The summed E-state index contributed by atoms with van der Waals surface area (Å²) in [6.45, 7) is 3.33. The largest absolute Gasteiger partial charge is 0.382 e. The van der Waals surface area contributed by atoms with Crippen LogP contribution in [-0.4, -0.2) is 48.6 Å². The van der Waals surface area contributed by atoms with Crippen molar-refractivity contribution in [2.45, 2.75) is 36.5 Å². The molecule has 3 aliphatic rings. The van der Waals surface area contributed by atoms with Crippen molar-refractivity contribution < 1.29 is 4.74 Å². The lowest BCUT2D eigenvalue weighted by atomic mass is 10.1. The van der Waals surface area contributed by atoms with E-state index in [2.05, 4.69) is 46.8 Å². The number of nitrogens with one attached hydrogen (secondary N) is 1. The molecule has 1 aliphatic heterocycles. The van der Waals surface area contributed by atoms with E-state index in [1.165, 1.54) is 37.1 Å². The first-order valence-electron chi connectivity index (χ1n) is 9.90. The molecule has 6 heteroatoms. The van der Waals surface area contributed by atoms with Gasteiger partial charge in [-0.05, 0) is 56.2 Å². The van der Waals surface area contributed by atoms with E-state index < -0.39 is 0 Å². The van der Waals surface area contributed by atoms with E-state index >= 15 is 0 Å². The number of aromatic nitrogens is 2. The van der Waals surface area contributed by atoms with Gasteiger partial charge in [0.2, 0.25) is 0 Å². The van der Waals surface area contributed by atoms with Crippen molar-refractivity contribution in [3.63, 3.8) is 0 Å². The fraction of sp³-hybridized carbons (Fsp3) is 0.524. The van der Waals surface area contributed by atoms with Crippen LogP contribution in [0.4, 0.5) is 11.5 Å². The molecule has 1 aromatic carbocycles. The summed E-state index contributed by atoms with van der Waals surface area (Å²) in [5.41, 5.74) is 3.46. The fourth-order valence-corrected chi connectivity index (χ4v) is 4.43. The average Bonchev–Trinajstić information content (AvgIpc) is 3.65. The Balaban J connectivity index is 1.49. The molecule has 27 heavy (non-hydrogen) atoms. The topological polar surface area (TPSA) is 50.3 Å². The molecule has 2 aromatic rings. The molecule has 2 heterocycles. The van der Waals surface area contributed by atoms with Crippen LogP contribution in [-0.2, 0) is 9.48 Å². The Labute approximate surface area is 164 Å². The minimum atomic E-state index is 0.187. The molecular weight excluding hydrogens is 356 g/mol. The summed E-state index contributed by atoms with van der Waals surface area (Å²) in [5.74, 6) is 1.88. The number of nitrogens with zero attached hydrogens (tertiary/aromatic N) is 3. The quantitative estimate of drug-likeness (QED) is 0.818. The Hall–Kier alpha value is -1.79. The Morgan fingerprint density at radius 1 is 1.11 bits per heavy atom. The molecule has 1 aromatic heterocycles. The van der Waals surface area contributed by atoms with Crippen LogP contribution in [0.25, 0.3) is 11.4 Å². The zero-order valence-corrected chi connectivity index (χ0v) is 16.6. The number of hydrogen-bond donors (Lipinski definition) is 1. The maximum absolute atomic E-state index is 5.52. The lowest BCUT2D eigenvalue weighted by molar-refractivity contribution is 0.122. The maximum atomic E-state index is 5.52. The van der Waals surface area contributed by atoms with Crippen molar-refractivity contribution in [2.24, 2.45) is 0 Å². The van der Waals surface area contributed by atoms with Gasteiger partial charge in [0.15, 0.2) is 5.82 Å². The van der Waals surface area contributed by atoms with Crippen molar-refractivity contribution in [2.75, 3.05) is 42.8 Å². The van der Waals surface area contributed by atoms with Crippen molar-refractivity contribution in [3.05, 3.63) is 36.0 Å². The summed E-state index contributed by atoms with van der Waals surface area (Å²) >= 11 is 1.92. The second-order valence-electron chi connectivity index (χ2n) is 7.73. The van der Waals surface area contributed by atoms with Gasteiger partial charge in [0.1, 0.15) is 5.82 Å². The third-order valence-corrected chi connectivity index (χ3v) is 7.10. The number of anilines is 2. The van der Waals surface area contributed by atoms with Gasteiger partial charge < -0.3 is 15.0 Å². The summed E-state index contributed by atoms with van der Waals surface area (Å²) in [6.07, 6.45) is 7.18. The van der Waals surface area contributed by atoms with Crippen LogP contribution >= 0.6 is 11.8 Å². The summed E-state index contributed by atoms with van der Waals surface area (Å²) in [7, 11) is 0. The number of hydrogen-bond acceptors (Lipinski definition) is 6. The zero-order chi connectivity index (χ0) is 18.3. The number of benzene rings is 1. The van der Waals surface area contributed by atoms with E-state index in [1.54, 1.807) is 0 Å². The highest BCUT2D eigenvalue weighted by atomic mass is 32.2. The van der Waals surface area contributed by atoms with E-state index in [4.69, 9.17) is 14.7 Å². The van der Waals surface area contributed by atoms with Gasteiger partial charge in [-0.25, -0.2) is 9.97 Å². The molecule has 5 nitrogen and oxygen atoms in total. The molecule has 5 rings (SSSR count). The van der Waals surface area contributed by atoms with Crippen LogP contribution in [0.5, 0.6) is 0 Å². The first kappa shape index (κ1) is 17.3. The zero-order valence-electron chi connectivity index (χ0n) is 15.8. The van der Waals surface area contributed by atoms with Gasteiger partial charge in [-0.15, -0.1) is 0 Å². The van der Waals surface area contributed by atoms with Crippen LogP contribution in [0.1, 0.15) is 31.4 Å². The predicted octanol–water partition coefficient (Wildman–Crippen LogP) is 3.91. The van der Waals surface area contributed by atoms with Gasteiger partial charge in [-0.2, -0.15) is 11.8 Å². The van der Waals surface area contributed by atoms with Crippen molar-refractivity contribution in [1.82, 2.24) is 9.97 Å². The minimum Gasteiger partial charge on any atom is -0.382 e. The van der Waals surface area contributed by atoms with Gasteiger partial charge in [-0.1, -0.05) is 0 Å². The molecule has 1 N–H and O–H groups in total. The standard InChI is InChI=1S/C21H26N4OS/c1-27-21(8-9-21)18-14-19(25-10-12-26-13-11-25)24-20(23-18)15-2-4-16(5-3-15)22-17-6-7-17/h2-5,14,17,22H,6-13H2,1H3. The first-order chi connectivity index (χ1) is 13.3. The highest BCUT2D eigenvalue weighted by Gasteiger charge is 2.45. The number of rotatable bonds is 6. The molecule has 2 saturated carbocycles. The van der Waals surface area contributed by atoms with Crippen LogP contribution in [0.15, 0.2) is 30.3 Å². The van der Waals surface area contributed by atoms with E-state index in [1.807, 2.05) is 11.8 Å². The van der Waals surface area contributed by atoms with Crippen LogP contribution in [0, 0.1) is 0 Å². The smallest absolute Gasteiger partial charge is 0.161 e. The van der Waals surface area contributed by atoms with E-state index in [0.717, 1.165) is 43.5 Å². The fourth-order valence-electron chi connectivity index (χ4n) is 3.61. The lowest BCUT2D eigenvalue weighted by Gasteiger charge is -2.29. The van der Waals surface area contributed by atoms with Gasteiger partial charge in [0, 0.05) is 36.4 Å². The maximum Gasteiger partial charge on any atom is 0.161 e. The summed E-state index contributed by atoms with van der Waals surface area (Å²) in [6, 6.07) is 11.5. The first-order valence-corrected chi connectivity index (χ1v) is 11.1. The molecule has 0 radical (unpaired) electrons. The van der Waals surface area contributed by atoms with Crippen molar-refractivity contribution in [3.8, 4) is 11.4 Å². The Bertz CT molecular complexity index is 811. The normalized spacial score (nSPS) is 21.1. The summed E-state index contributed by atoms with van der Waals surface area (Å²) in [4.78, 5) is 12.3. The van der Waals surface area contributed by atoms with Crippen molar-refractivity contribution in [1.29, 1.82) is 0 Å². The predicted molar refractivity (Wildman–Crippen MR) is 112 cm³/mol. The van der Waals surface area contributed by atoms with Gasteiger partial charge in [0.25, 0.3) is 0 Å². The van der Waals surface area contributed by atoms with E-state index in [-0.39, 0.29) is 4.75 Å². The minimum absolute atomic E-state index is 0.187. The molecule has 0 unspecified atom stereocenters. The highest BCUT2D eigenvalue weighted by molar-refractivity contribution is 7.99. The molecule has 142 valence electrons. The average molecular weight is 383 g/mol. The number of ether oxygens (including phenoxy) is 1. The molecule has 2 aliphatic carbocycles. The molecule has 3 fully saturated rings. The van der Waals surface area contributed by atoms with Gasteiger partial charge in [-0.3, -0.25) is 0 Å². The number of morpholine rings is 1. The van der Waals surface area contributed by atoms with E-state index in [0.29, 0.717) is 6.04 Å². The van der Waals surface area contributed by atoms with Crippen molar-refractivity contribution >= 4 is 23.3 Å². The Kier molecular flexibility index (Phi) is 4.48. The van der Waals surface area contributed by atoms with Gasteiger partial charge in [0.05, 0.1) is 23.7 Å². The molecular formula is C21H26N4OS. The van der Waals surface area contributed by atoms with E-state index in [9.17, 15) is 0 Å². The highest BCUT2D eigenvalue weighted by Crippen LogP contribution is 2.55. The summed E-state index contributed by atoms with van der Waals surface area (Å²) in [5, 5.41) is 3.55. The Morgan fingerprint density at radius 2 is 1.85 bits per heavy atom. The molecule has 0 bridgehead atoms. The molecule has 1 saturated heterocycles. The third-order valence-electron chi connectivity index (χ3n) is 5.70. The van der Waals surface area contributed by atoms with Crippen LogP contribution in [0.3, 0.4) is 0 Å². The van der Waals surface area contributed by atoms with Crippen LogP contribution in [0.2, 0.25) is 0 Å².